The summed E-state index contributed by atoms with van der Waals surface area (Å²) in [6.45, 7) is 4.92. The van der Waals surface area contributed by atoms with E-state index in [-0.39, 0.29) is 16.9 Å². The van der Waals surface area contributed by atoms with Crippen LogP contribution in [-0.4, -0.2) is 17.7 Å². The molecule has 5 heteroatoms. The van der Waals surface area contributed by atoms with Gasteiger partial charge < -0.3 is 9.84 Å². The molecule has 0 unspecified atom stereocenters. The summed E-state index contributed by atoms with van der Waals surface area (Å²) in [4.78, 5) is 11.7. The fraction of sp³-hybridized carbons (Fsp3) is 0.222. The number of carbonyl (C=O) groups excluding carboxylic acids is 1. The molecule has 0 aromatic heterocycles. The van der Waals surface area contributed by atoms with Gasteiger partial charge in [-0.05, 0) is 53.3 Å². The maximum absolute atomic E-state index is 14.9. The van der Waals surface area contributed by atoms with Gasteiger partial charge in [0.05, 0.1) is 12.2 Å². The third-order valence-corrected chi connectivity index (χ3v) is 5.25. The van der Waals surface area contributed by atoms with E-state index >= 15 is 0 Å². The number of aryl methyl sites for hydroxylation is 1. The maximum atomic E-state index is 14.9. The number of aliphatic hydroxyl groups is 1. The fourth-order valence-corrected chi connectivity index (χ4v) is 3.36. The lowest BCUT2D eigenvalue weighted by molar-refractivity contribution is -0.130. The van der Waals surface area contributed by atoms with Crippen molar-refractivity contribution in [3.63, 3.8) is 0 Å². The molecular weight excluding hydrogens is 410 g/mol. The maximum Gasteiger partial charge on any atom is 0.341 e. The minimum absolute atomic E-state index is 0.191. The summed E-state index contributed by atoms with van der Waals surface area (Å²) in [5, 5.41) is 8.90. The van der Waals surface area contributed by atoms with Crippen molar-refractivity contribution in [3.05, 3.63) is 90.0 Å². The summed E-state index contributed by atoms with van der Waals surface area (Å²) in [5.74, 6) is -2.54. The van der Waals surface area contributed by atoms with Crippen LogP contribution in [0.15, 0.2) is 72.8 Å². The Kier molecular flexibility index (Phi) is 7.90. The van der Waals surface area contributed by atoms with E-state index in [2.05, 4.69) is 25.6 Å². The monoisotopic (exact) mass is 436 g/mol. The summed E-state index contributed by atoms with van der Waals surface area (Å²) in [6.07, 6.45) is 4.58. The highest BCUT2D eigenvalue weighted by Crippen LogP contribution is 2.31. The molecule has 0 spiro atoms. The SMILES string of the molecule is C=C(CO)C(=O)Oc1ccc(-c2ccc(-c3ccc(CCCCC)cc3)cc2F)cc1F. The number of halogens is 2. The Morgan fingerprint density at radius 1 is 0.906 bits per heavy atom. The molecule has 1 N–H and O–H groups in total. The summed E-state index contributed by atoms with van der Waals surface area (Å²) < 4.78 is 34.1. The van der Waals surface area contributed by atoms with E-state index in [4.69, 9.17) is 9.84 Å². The zero-order valence-corrected chi connectivity index (χ0v) is 18.0. The van der Waals surface area contributed by atoms with Gasteiger partial charge in [-0.25, -0.2) is 13.6 Å². The van der Waals surface area contributed by atoms with E-state index in [1.54, 1.807) is 12.1 Å². The van der Waals surface area contributed by atoms with Crippen molar-refractivity contribution in [2.24, 2.45) is 0 Å². The molecule has 0 heterocycles. The van der Waals surface area contributed by atoms with Gasteiger partial charge in [0.25, 0.3) is 0 Å². The van der Waals surface area contributed by atoms with Crippen LogP contribution >= 0.6 is 0 Å². The van der Waals surface area contributed by atoms with Gasteiger partial charge in [0.1, 0.15) is 5.82 Å². The molecule has 0 aliphatic rings. The van der Waals surface area contributed by atoms with Gasteiger partial charge in [-0.15, -0.1) is 0 Å². The first-order valence-electron chi connectivity index (χ1n) is 10.6. The van der Waals surface area contributed by atoms with Crippen molar-refractivity contribution in [3.8, 4) is 28.0 Å². The van der Waals surface area contributed by atoms with Crippen molar-refractivity contribution in [1.82, 2.24) is 0 Å². The highest BCUT2D eigenvalue weighted by atomic mass is 19.1. The molecule has 0 radical (unpaired) electrons. The molecule has 0 saturated carbocycles. The predicted octanol–water partition coefficient (Wildman–Crippen LogP) is 6.49. The summed E-state index contributed by atoms with van der Waals surface area (Å²) in [5.41, 5.74) is 3.27. The molecule has 0 atom stereocenters. The van der Waals surface area contributed by atoms with Crippen molar-refractivity contribution < 1.29 is 23.4 Å². The second-order valence-electron chi connectivity index (χ2n) is 7.65. The predicted molar refractivity (Wildman–Crippen MR) is 122 cm³/mol. The van der Waals surface area contributed by atoms with Crippen LogP contribution in [0.25, 0.3) is 22.3 Å². The van der Waals surface area contributed by atoms with Gasteiger partial charge in [0.2, 0.25) is 0 Å². The molecule has 166 valence electrons. The molecule has 0 aliphatic carbocycles. The normalized spacial score (nSPS) is 10.8. The van der Waals surface area contributed by atoms with E-state index < -0.39 is 24.2 Å². The van der Waals surface area contributed by atoms with Crippen LogP contribution in [0.1, 0.15) is 31.7 Å². The Labute approximate surface area is 187 Å². The van der Waals surface area contributed by atoms with E-state index in [9.17, 15) is 13.6 Å². The zero-order valence-electron chi connectivity index (χ0n) is 18.0. The number of benzene rings is 3. The van der Waals surface area contributed by atoms with Crippen LogP contribution in [0, 0.1) is 11.6 Å². The molecule has 0 saturated heterocycles. The number of hydrogen-bond acceptors (Lipinski definition) is 3. The van der Waals surface area contributed by atoms with Gasteiger partial charge in [-0.3, -0.25) is 0 Å². The Morgan fingerprint density at radius 2 is 1.56 bits per heavy atom. The van der Waals surface area contributed by atoms with Crippen LogP contribution in [0.2, 0.25) is 0 Å². The van der Waals surface area contributed by atoms with Gasteiger partial charge >= 0.3 is 5.97 Å². The first kappa shape index (κ1) is 23.4. The van der Waals surface area contributed by atoms with E-state index in [1.165, 1.54) is 36.6 Å². The van der Waals surface area contributed by atoms with Crippen LogP contribution in [-0.2, 0) is 11.2 Å². The van der Waals surface area contributed by atoms with Gasteiger partial charge in [-0.1, -0.05) is 68.8 Å². The first-order valence-corrected chi connectivity index (χ1v) is 10.6. The second kappa shape index (κ2) is 10.8. The number of carbonyl (C=O) groups is 1. The van der Waals surface area contributed by atoms with E-state index in [0.717, 1.165) is 30.0 Å². The molecule has 0 bridgehead atoms. The van der Waals surface area contributed by atoms with Crippen molar-refractivity contribution >= 4 is 5.97 Å². The van der Waals surface area contributed by atoms with Crippen LogP contribution in [0.5, 0.6) is 5.75 Å². The number of esters is 1. The van der Waals surface area contributed by atoms with Crippen LogP contribution in [0.3, 0.4) is 0 Å². The molecular formula is C27H26F2O3. The van der Waals surface area contributed by atoms with Crippen molar-refractivity contribution in [2.75, 3.05) is 6.61 Å². The molecule has 0 fully saturated rings. The van der Waals surface area contributed by atoms with Gasteiger partial charge in [0.15, 0.2) is 11.6 Å². The zero-order chi connectivity index (χ0) is 23.1. The molecule has 3 nitrogen and oxygen atoms in total. The smallest absolute Gasteiger partial charge is 0.341 e. The average molecular weight is 436 g/mol. The van der Waals surface area contributed by atoms with Crippen molar-refractivity contribution in [1.29, 1.82) is 0 Å². The molecule has 3 aromatic rings. The molecule has 3 aromatic carbocycles. The van der Waals surface area contributed by atoms with E-state index in [1.807, 2.05) is 12.1 Å². The van der Waals surface area contributed by atoms with Gasteiger partial charge in [-0.2, -0.15) is 0 Å². The third-order valence-electron chi connectivity index (χ3n) is 5.25. The standard InChI is InChI=1S/C27H26F2O3/c1-3-4-5-6-19-7-9-20(10-8-19)21-11-13-23(24(28)15-21)22-12-14-26(25(29)16-22)32-27(31)18(2)17-30/h7-16,30H,2-6,17H2,1H3. The minimum Gasteiger partial charge on any atom is -0.420 e. The molecule has 3 rings (SSSR count). The third kappa shape index (κ3) is 5.68. The topological polar surface area (TPSA) is 46.5 Å². The van der Waals surface area contributed by atoms with E-state index in [0.29, 0.717) is 5.56 Å². The Balaban J connectivity index is 1.77. The highest BCUT2D eigenvalue weighted by Gasteiger charge is 2.15. The molecule has 0 amide bonds. The quantitative estimate of drug-likeness (QED) is 0.181. The highest BCUT2D eigenvalue weighted by molar-refractivity contribution is 5.89. The van der Waals surface area contributed by atoms with Crippen molar-refractivity contribution in [2.45, 2.75) is 32.6 Å². The Hall–Kier alpha value is -3.31. The number of hydrogen-bond donors (Lipinski definition) is 1. The largest absolute Gasteiger partial charge is 0.420 e. The second-order valence-corrected chi connectivity index (χ2v) is 7.65. The first-order chi connectivity index (χ1) is 15.4. The molecule has 32 heavy (non-hydrogen) atoms. The number of rotatable bonds is 9. The average Bonchev–Trinajstić information content (AvgIpc) is 2.80. The fourth-order valence-electron chi connectivity index (χ4n) is 3.36. The number of aliphatic hydroxyl groups excluding tert-OH is 1. The van der Waals surface area contributed by atoms with Crippen LogP contribution in [0.4, 0.5) is 8.78 Å². The lowest BCUT2D eigenvalue weighted by Crippen LogP contribution is -2.13. The van der Waals surface area contributed by atoms with Crippen LogP contribution < -0.4 is 4.74 Å². The minimum atomic E-state index is -0.925. The number of ether oxygens (including phenoxy) is 1. The van der Waals surface area contributed by atoms with Gasteiger partial charge in [0, 0.05) is 5.56 Å². The lowest BCUT2D eigenvalue weighted by Gasteiger charge is -2.10. The summed E-state index contributed by atoms with van der Waals surface area (Å²) in [7, 11) is 0. The number of unbranched alkanes of at least 4 members (excludes halogenated alkanes) is 2. The Morgan fingerprint density at radius 3 is 2.19 bits per heavy atom. The molecule has 0 aliphatic heterocycles. The summed E-state index contributed by atoms with van der Waals surface area (Å²) in [6, 6.07) is 16.8. The lowest BCUT2D eigenvalue weighted by atomic mass is 9.98. The summed E-state index contributed by atoms with van der Waals surface area (Å²) >= 11 is 0. The Bertz CT molecular complexity index is 1100.